The molecule has 1 atom stereocenters. The van der Waals surface area contributed by atoms with Crippen LogP contribution < -0.4 is 0 Å². The van der Waals surface area contributed by atoms with E-state index >= 15 is 0 Å². The molecule has 0 fully saturated rings. The third-order valence-corrected chi connectivity index (χ3v) is 13.2. The summed E-state index contributed by atoms with van der Waals surface area (Å²) in [6.45, 7) is 20.8. The van der Waals surface area contributed by atoms with Crippen LogP contribution in [0.1, 0.15) is 65.2 Å². The summed E-state index contributed by atoms with van der Waals surface area (Å²) in [5.41, 5.74) is 4.13. The highest BCUT2D eigenvalue weighted by atomic mass is 28.4. The van der Waals surface area contributed by atoms with Crippen LogP contribution in [0.15, 0.2) is 36.1 Å². The van der Waals surface area contributed by atoms with Crippen LogP contribution in [0.3, 0.4) is 0 Å². The molecule has 0 aliphatic heterocycles. The molecule has 0 radical (unpaired) electrons. The van der Waals surface area contributed by atoms with E-state index in [1.165, 1.54) is 5.57 Å². The number of nitrogens with zero attached hydrogens (tertiary/aromatic N) is 1. The Morgan fingerprint density at radius 2 is 1.62 bits per heavy atom. The zero-order chi connectivity index (χ0) is 22.4. The molecule has 3 nitrogen and oxygen atoms in total. The summed E-state index contributed by atoms with van der Waals surface area (Å²) < 4.78 is 6.74. The number of hydrogen-bond acceptors (Lipinski definition) is 3. The fourth-order valence-corrected chi connectivity index (χ4v) is 11.4. The predicted molar refractivity (Wildman–Crippen MR) is 129 cm³/mol. The molecule has 1 aromatic carbocycles. The van der Waals surface area contributed by atoms with Gasteiger partial charge in [0.2, 0.25) is 0 Å². The molecule has 0 heterocycles. The van der Waals surface area contributed by atoms with Crippen LogP contribution in [-0.2, 0) is 4.43 Å². The smallest absolute Gasteiger partial charge is 0.257 e. The van der Waals surface area contributed by atoms with Crippen molar-refractivity contribution in [3.05, 3.63) is 47.2 Å². The van der Waals surface area contributed by atoms with Crippen molar-refractivity contribution in [1.29, 1.82) is 5.26 Å². The highest BCUT2D eigenvalue weighted by Crippen LogP contribution is 2.43. The van der Waals surface area contributed by atoms with Crippen LogP contribution in [0.2, 0.25) is 42.3 Å². The fourth-order valence-electron chi connectivity index (χ4n) is 4.62. The Labute approximate surface area is 180 Å². The lowest BCUT2D eigenvalue weighted by Gasteiger charge is -2.41. The van der Waals surface area contributed by atoms with E-state index < -0.39 is 22.5 Å². The van der Waals surface area contributed by atoms with Gasteiger partial charge < -0.3 is 9.53 Å². The molecule has 0 bridgehead atoms. The summed E-state index contributed by atoms with van der Waals surface area (Å²) in [4.78, 5) is 0. The minimum Gasteiger partial charge on any atom is -0.548 e. The quantitative estimate of drug-likeness (QED) is 0.310. The van der Waals surface area contributed by atoms with Crippen LogP contribution >= 0.6 is 0 Å². The van der Waals surface area contributed by atoms with Crippen molar-refractivity contribution in [2.75, 3.05) is 0 Å². The summed E-state index contributed by atoms with van der Waals surface area (Å²) in [7, 11) is -3.38. The first kappa shape index (κ1) is 25.7. The van der Waals surface area contributed by atoms with Gasteiger partial charge in [0.1, 0.15) is 0 Å². The predicted octanol–water partition coefficient (Wildman–Crippen LogP) is 7.40. The summed E-state index contributed by atoms with van der Waals surface area (Å²) in [5.74, 6) is 0. The SMILES string of the molecule is CC(C)[Si](O/C=C(/CC(O)c1cccc(C#N)c1)C[Si](C)(C)C)(C(C)C)C(C)C. The molecule has 162 valence electrons. The van der Waals surface area contributed by atoms with E-state index in [1.54, 1.807) is 12.1 Å². The molecule has 1 unspecified atom stereocenters. The maximum atomic E-state index is 10.9. The molecule has 0 aliphatic carbocycles. The summed E-state index contributed by atoms with van der Waals surface area (Å²) in [6.07, 6.45) is 1.95. The van der Waals surface area contributed by atoms with E-state index in [1.807, 2.05) is 18.4 Å². The molecule has 0 saturated heterocycles. The first-order chi connectivity index (χ1) is 13.3. The van der Waals surface area contributed by atoms with Crippen LogP contribution in [0.25, 0.3) is 0 Å². The largest absolute Gasteiger partial charge is 0.548 e. The van der Waals surface area contributed by atoms with Gasteiger partial charge in [-0.1, -0.05) is 73.3 Å². The topological polar surface area (TPSA) is 53.2 Å². The van der Waals surface area contributed by atoms with Gasteiger partial charge in [-0.25, -0.2) is 0 Å². The highest BCUT2D eigenvalue weighted by Gasteiger charge is 2.46. The monoisotopic (exact) mass is 431 g/mol. The van der Waals surface area contributed by atoms with E-state index in [0.717, 1.165) is 11.6 Å². The lowest BCUT2D eigenvalue weighted by Crippen LogP contribution is -2.46. The van der Waals surface area contributed by atoms with Crippen molar-refractivity contribution in [2.24, 2.45) is 0 Å². The molecule has 1 N–H and O–H groups in total. The number of aliphatic hydroxyl groups excluding tert-OH is 1. The second-order valence-electron chi connectivity index (χ2n) is 10.4. The average molecular weight is 432 g/mol. The third-order valence-electron chi connectivity index (χ3n) is 5.75. The van der Waals surface area contributed by atoms with Crippen molar-refractivity contribution < 1.29 is 9.53 Å². The van der Waals surface area contributed by atoms with Crippen molar-refractivity contribution in [3.8, 4) is 6.07 Å². The molecule has 0 spiro atoms. The van der Waals surface area contributed by atoms with E-state index in [0.29, 0.717) is 28.6 Å². The first-order valence-corrected chi connectivity index (χ1v) is 16.7. The Morgan fingerprint density at radius 1 is 1.07 bits per heavy atom. The Morgan fingerprint density at radius 3 is 2.07 bits per heavy atom. The molecule has 29 heavy (non-hydrogen) atoms. The molecule has 1 aromatic rings. The van der Waals surface area contributed by atoms with Gasteiger partial charge in [0.25, 0.3) is 8.32 Å². The van der Waals surface area contributed by atoms with Crippen molar-refractivity contribution in [3.63, 3.8) is 0 Å². The molecule has 0 aromatic heterocycles. The molecule has 5 heteroatoms. The van der Waals surface area contributed by atoms with Crippen molar-refractivity contribution in [1.82, 2.24) is 0 Å². The molecule has 0 saturated carbocycles. The Balaban J connectivity index is 3.21. The van der Waals surface area contributed by atoms with Crippen LogP contribution in [-0.4, -0.2) is 21.5 Å². The second kappa shape index (κ2) is 10.6. The van der Waals surface area contributed by atoms with Gasteiger partial charge in [0.05, 0.1) is 24.0 Å². The number of benzene rings is 1. The number of aliphatic hydroxyl groups is 1. The summed E-state index contributed by atoms with van der Waals surface area (Å²) in [6, 6.07) is 10.4. The van der Waals surface area contributed by atoms with E-state index in [9.17, 15) is 5.11 Å². The van der Waals surface area contributed by atoms with Gasteiger partial charge in [0, 0.05) is 14.5 Å². The molecular formula is C24H41NO2Si2. The van der Waals surface area contributed by atoms with Gasteiger partial charge in [-0.05, 0) is 45.9 Å². The molecule has 0 aliphatic rings. The Bertz CT molecular complexity index is 705. The van der Waals surface area contributed by atoms with Crippen molar-refractivity contribution in [2.45, 2.75) is 96.4 Å². The van der Waals surface area contributed by atoms with E-state index in [4.69, 9.17) is 9.69 Å². The first-order valence-electron chi connectivity index (χ1n) is 10.9. The van der Waals surface area contributed by atoms with Gasteiger partial charge in [0.15, 0.2) is 0 Å². The van der Waals surface area contributed by atoms with E-state index in [-0.39, 0.29) is 0 Å². The highest BCUT2D eigenvalue weighted by molar-refractivity contribution is 6.78. The van der Waals surface area contributed by atoms with Crippen LogP contribution in [0.4, 0.5) is 0 Å². The molecule has 0 amide bonds. The molecular weight excluding hydrogens is 390 g/mol. The minimum absolute atomic E-state index is 0.518. The maximum Gasteiger partial charge on any atom is 0.257 e. The van der Waals surface area contributed by atoms with Crippen molar-refractivity contribution >= 4 is 16.4 Å². The summed E-state index contributed by atoms with van der Waals surface area (Å²) in [5, 5.41) is 20.0. The van der Waals surface area contributed by atoms with Gasteiger partial charge in [-0.2, -0.15) is 5.26 Å². The summed E-state index contributed by atoms with van der Waals surface area (Å²) >= 11 is 0. The number of nitriles is 1. The zero-order valence-corrected chi connectivity index (χ0v) is 21.9. The Hall–Kier alpha value is -1.36. The zero-order valence-electron chi connectivity index (χ0n) is 19.9. The maximum absolute atomic E-state index is 10.9. The van der Waals surface area contributed by atoms with Crippen LogP contribution in [0, 0.1) is 11.3 Å². The minimum atomic E-state index is -2.00. The van der Waals surface area contributed by atoms with Gasteiger partial charge in [-0.15, -0.1) is 0 Å². The second-order valence-corrected chi connectivity index (χ2v) is 21.3. The standard InChI is InChI=1S/C24H41NO2Si2/c1-18(2)29(19(3)4,20(5)6)27-16-22(17-28(7,8)9)14-24(26)23-12-10-11-21(13-23)15-25/h10-13,16,18-20,24,26H,14,17H2,1-9H3/b22-16-. The average Bonchev–Trinajstić information content (AvgIpc) is 2.59. The van der Waals surface area contributed by atoms with E-state index in [2.05, 4.69) is 67.3 Å². The number of rotatable bonds is 10. The normalized spacial score (nSPS) is 14.4. The van der Waals surface area contributed by atoms with Gasteiger partial charge >= 0.3 is 0 Å². The Kier molecular flexibility index (Phi) is 9.39. The molecule has 1 rings (SSSR count). The lowest BCUT2D eigenvalue weighted by atomic mass is 10.0. The van der Waals surface area contributed by atoms with Crippen LogP contribution in [0.5, 0.6) is 0 Å². The fraction of sp³-hybridized carbons (Fsp3) is 0.625. The lowest BCUT2D eigenvalue weighted by molar-refractivity contribution is 0.177. The third kappa shape index (κ3) is 7.13. The number of hydrogen-bond donors (Lipinski definition) is 1. The van der Waals surface area contributed by atoms with Gasteiger partial charge in [-0.3, -0.25) is 0 Å².